The molecule has 3 unspecified atom stereocenters. The first kappa shape index (κ1) is 90.1. The molecular weight excluding hydrogens is 1210 g/mol. The maximum atomic E-state index is 13.1. The standard InChI is InChI=1S/C73H142O17P2/c1-8-10-11-12-13-33-40-47-54-70(75)83-60-68(90-73(78)57-50-43-36-29-28-31-38-45-52-65(5)6)62-87-91(79,80)85-58-67(74)59-86-92(81,82)88-63-69(61-84-71(76)55-48-41-34-26-23-22-25-32-39-46-53-66(7)9-2)89-72(77)56-49-42-35-27-21-19-17-15-14-16-18-20-24-30-37-44-51-64(3)4/h64-69,74H,8-63H2,1-7H3,(H,79,80)(H,81,82)/t66?,67-,68+,69+/m0/s1. The van der Waals surface area contributed by atoms with Gasteiger partial charge in [-0.2, -0.15) is 0 Å². The van der Waals surface area contributed by atoms with Crippen LogP contribution in [0.4, 0.5) is 0 Å². The molecule has 0 aromatic rings. The molecule has 92 heavy (non-hydrogen) atoms. The highest BCUT2D eigenvalue weighted by molar-refractivity contribution is 7.47. The van der Waals surface area contributed by atoms with Crippen LogP contribution in [0.5, 0.6) is 0 Å². The molecule has 0 aromatic heterocycles. The van der Waals surface area contributed by atoms with Gasteiger partial charge in [-0.15, -0.1) is 0 Å². The summed E-state index contributed by atoms with van der Waals surface area (Å²) in [6, 6.07) is 0. The quantitative estimate of drug-likeness (QED) is 0.0222. The summed E-state index contributed by atoms with van der Waals surface area (Å²) in [6.45, 7) is 11.9. The average Bonchev–Trinajstić information content (AvgIpc) is 3.60. The largest absolute Gasteiger partial charge is 0.472 e. The van der Waals surface area contributed by atoms with Crippen molar-refractivity contribution in [2.24, 2.45) is 17.8 Å². The van der Waals surface area contributed by atoms with E-state index in [0.717, 1.165) is 114 Å². The molecule has 0 aliphatic carbocycles. The highest BCUT2D eigenvalue weighted by atomic mass is 31.2. The molecule has 0 radical (unpaired) electrons. The van der Waals surface area contributed by atoms with Gasteiger partial charge in [-0.3, -0.25) is 37.3 Å². The third kappa shape index (κ3) is 65.4. The van der Waals surface area contributed by atoms with Gasteiger partial charge in [0, 0.05) is 25.7 Å². The summed E-state index contributed by atoms with van der Waals surface area (Å²) in [5.41, 5.74) is 0. The summed E-state index contributed by atoms with van der Waals surface area (Å²) in [6.07, 6.45) is 48.6. The minimum absolute atomic E-state index is 0.104. The van der Waals surface area contributed by atoms with Gasteiger partial charge < -0.3 is 33.8 Å². The van der Waals surface area contributed by atoms with E-state index in [2.05, 4.69) is 48.5 Å². The number of hydrogen-bond acceptors (Lipinski definition) is 15. The van der Waals surface area contributed by atoms with Crippen LogP contribution in [0.15, 0.2) is 0 Å². The van der Waals surface area contributed by atoms with Gasteiger partial charge in [-0.1, -0.05) is 318 Å². The Bertz CT molecular complexity index is 1800. The normalized spacial score (nSPS) is 14.4. The molecule has 0 rings (SSSR count). The number of rotatable bonds is 71. The van der Waals surface area contributed by atoms with Crippen molar-refractivity contribution in [3.05, 3.63) is 0 Å². The Hall–Kier alpha value is -1.94. The Balaban J connectivity index is 5.21. The van der Waals surface area contributed by atoms with Crippen LogP contribution in [0.3, 0.4) is 0 Å². The van der Waals surface area contributed by atoms with E-state index in [1.165, 1.54) is 173 Å². The smallest absolute Gasteiger partial charge is 0.462 e. The van der Waals surface area contributed by atoms with E-state index < -0.39 is 97.5 Å². The summed E-state index contributed by atoms with van der Waals surface area (Å²) in [5, 5.41) is 10.6. The second kappa shape index (κ2) is 63.8. The first-order chi connectivity index (χ1) is 44.3. The lowest BCUT2D eigenvalue weighted by atomic mass is 9.99. The van der Waals surface area contributed by atoms with Crippen molar-refractivity contribution in [3.8, 4) is 0 Å². The van der Waals surface area contributed by atoms with Crippen molar-refractivity contribution in [2.75, 3.05) is 39.6 Å². The minimum atomic E-state index is -4.95. The van der Waals surface area contributed by atoms with Crippen LogP contribution in [-0.4, -0.2) is 96.7 Å². The fourth-order valence-electron chi connectivity index (χ4n) is 11.0. The molecular formula is C73H142O17P2. The number of esters is 4. The summed E-state index contributed by atoms with van der Waals surface area (Å²) >= 11 is 0. The van der Waals surface area contributed by atoms with Gasteiger partial charge in [0.1, 0.15) is 19.3 Å². The van der Waals surface area contributed by atoms with Crippen molar-refractivity contribution in [1.82, 2.24) is 0 Å². The molecule has 0 fully saturated rings. The van der Waals surface area contributed by atoms with Crippen molar-refractivity contribution in [3.63, 3.8) is 0 Å². The van der Waals surface area contributed by atoms with Crippen LogP contribution in [0, 0.1) is 17.8 Å². The second-order valence-corrected chi connectivity index (χ2v) is 30.4. The number of ether oxygens (including phenoxy) is 4. The van der Waals surface area contributed by atoms with E-state index in [0.29, 0.717) is 25.7 Å². The Morgan fingerprint density at radius 2 is 0.554 bits per heavy atom. The molecule has 0 heterocycles. The second-order valence-electron chi connectivity index (χ2n) is 27.5. The Morgan fingerprint density at radius 3 is 0.826 bits per heavy atom. The Morgan fingerprint density at radius 1 is 0.315 bits per heavy atom. The maximum Gasteiger partial charge on any atom is 0.472 e. The topological polar surface area (TPSA) is 237 Å². The zero-order valence-corrected chi connectivity index (χ0v) is 61.8. The average molecular weight is 1350 g/mol. The van der Waals surface area contributed by atoms with E-state index in [4.69, 9.17) is 37.0 Å². The van der Waals surface area contributed by atoms with Crippen molar-refractivity contribution in [2.45, 2.75) is 388 Å². The van der Waals surface area contributed by atoms with Gasteiger partial charge in [0.05, 0.1) is 26.4 Å². The van der Waals surface area contributed by atoms with Gasteiger partial charge in [0.25, 0.3) is 0 Å². The number of carbonyl (C=O) groups excluding carboxylic acids is 4. The van der Waals surface area contributed by atoms with Crippen molar-refractivity contribution in [1.29, 1.82) is 0 Å². The fourth-order valence-corrected chi connectivity index (χ4v) is 12.6. The highest BCUT2D eigenvalue weighted by Crippen LogP contribution is 2.45. The van der Waals surface area contributed by atoms with E-state index in [-0.39, 0.29) is 25.7 Å². The van der Waals surface area contributed by atoms with Gasteiger partial charge in [-0.25, -0.2) is 9.13 Å². The molecule has 0 amide bonds. The van der Waals surface area contributed by atoms with Gasteiger partial charge in [0.15, 0.2) is 12.2 Å². The van der Waals surface area contributed by atoms with E-state index in [9.17, 15) is 43.2 Å². The molecule has 0 saturated heterocycles. The van der Waals surface area contributed by atoms with Gasteiger partial charge in [0.2, 0.25) is 0 Å². The fraction of sp³-hybridized carbons (Fsp3) is 0.945. The lowest BCUT2D eigenvalue weighted by Crippen LogP contribution is -2.30. The number of carbonyl (C=O) groups is 4. The van der Waals surface area contributed by atoms with Crippen LogP contribution in [-0.2, 0) is 65.4 Å². The molecule has 0 aliphatic rings. The first-order valence-corrected chi connectivity index (χ1v) is 40.9. The molecule has 0 spiro atoms. The van der Waals surface area contributed by atoms with Crippen LogP contribution < -0.4 is 0 Å². The highest BCUT2D eigenvalue weighted by Gasteiger charge is 2.30. The third-order valence-electron chi connectivity index (χ3n) is 17.2. The molecule has 0 aliphatic heterocycles. The van der Waals surface area contributed by atoms with Crippen LogP contribution in [0.2, 0.25) is 0 Å². The number of hydrogen-bond donors (Lipinski definition) is 3. The van der Waals surface area contributed by atoms with Crippen LogP contribution >= 0.6 is 15.6 Å². The van der Waals surface area contributed by atoms with Crippen LogP contribution in [0.1, 0.15) is 370 Å². The molecule has 0 saturated carbocycles. The number of unbranched alkanes of at least 4 members (excludes halogenated alkanes) is 38. The Labute approximate surface area is 562 Å². The number of aliphatic hydroxyl groups is 1. The van der Waals surface area contributed by atoms with Crippen LogP contribution in [0.25, 0.3) is 0 Å². The molecule has 6 atom stereocenters. The van der Waals surface area contributed by atoms with Gasteiger partial charge in [-0.05, 0) is 43.4 Å². The molecule has 0 aromatic carbocycles. The summed E-state index contributed by atoms with van der Waals surface area (Å²) in [4.78, 5) is 72.6. The third-order valence-corrected chi connectivity index (χ3v) is 19.1. The molecule has 17 nitrogen and oxygen atoms in total. The molecule has 0 bridgehead atoms. The van der Waals surface area contributed by atoms with Crippen molar-refractivity contribution >= 4 is 39.5 Å². The number of phosphoric acid groups is 2. The zero-order chi connectivity index (χ0) is 68.0. The number of phosphoric ester groups is 2. The zero-order valence-electron chi connectivity index (χ0n) is 60.0. The predicted molar refractivity (Wildman–Crippen MR) is 372 cm³/mol. The maximum absolute atomic E-state index is 13.1. The Kier molecular flexibility index (Phi) is 62.4. The summed E-state index contributed by atoms with van der Waals surface area (Å²) in [5.74, 6) is 0.211. The SMILES string of the molecule is CCCCCCCCCCC(=O)OC[C@H](COP(=O)(O)OC[C@H](O)COP(=O)(O)OC[C@@H](COC(=O)CCCCCCCCCCCCC(C)CC)OC(=O)CCCCCCCCCCCCCCCCCCC(C)C)OC(=O)CCCCCCCCCCC(C)C. The van der Waals surface area contributed by atoms with E-state index in [1.807, 2.05) is 0 Å². The summed E-state index contributed by atoms with van der Waals surface area (Å²) in [7, 11) is -9.90. The van der Waals surface area contributed by atoms with E-state index >= 15 is 0 Å². The summed E-state index contributed by atoms with van der Waals surface area (Å²) < 4.78 is 68.3. The van der Waals surface area contributed by atoms with Crippen molar-refractivity contribution < 1.29 is 80.2 Å². The number of aliphatic hydroxyl groups excluding tert-OH is 1. The first-order valence-electron chi connectivity index (χ1n) is 37.9. The predicted octanol–water partition coefficient (Wildman–Crippen LogP) is 21.0. The lowest BCUT2D eigenvalue weighted by molar-refractivity contribution is -0.161. The minimum Gasteiger partial charge on any atom is -0.462 e. The molecule has 546 valence electrons. The lowest BCUT2D eigenvalue weighted by Gasteiger charge is -2.21. The van der Waals surface area contributed by atoms with Gasteiger partial charge >= 0.3 is 39.5 Å². The monoisotopic (exact) mass is 1350 g/mol. The van der Waals surface area contributed by atoms with E-state index in [1.54, 1.807) is 0 Å². The molecule has 19 heteroatoms. The molecule has 3 N–H and O–H groups in total.